The smallest absolute Gasteiger partial charge is 0.212 e. The molecule has 1 heterocycles. The van der Waals surface area contributed by atoms with E-state index in [0.717, 1.165) is 17.4 Å². The quantitative estimate of drug-likeness (QED) is 0.455. The third-order valence-electron chi connectivity index (χ3n) is 4.97. The van der Waals surface area contributed by atoms with E-state index in [0.29, 0.717) is 11.6 Å². The van der Waals surface area contributed by atoms with Crippen molar-refractivity contribution in [2.75, 3.05) is 0 Å². The summed E-state index contributed by atoms with van der Waals surface area (Å²) in [7, 11) is 0. The number of rotatable bonds is 2. The first-order valence-electron chi connectivity index (χ1n) is 8.93. The molecule has 130 valence electrons. The van der Waals surface area contributed by atoms with Crippen molar-refractivity contribution >= 4 is 28.4 Å². The molecule has 4 aromatic rings. The molecule has 0 aliphatic heterocycles. The highest BCUT2D eigenvalue weighted by atomic mass is 35.5. The van der Waals surface area contributed by atoms with Crippen molar-refractivity contribution in [3.05, 3.63) is 95.0 Å². The molecule has 0 fully saturated rings. The van der Waals surface area contributed by atoms with Crippen molar-refractivity contribution in [1.29, 1.82) is 0 Å². The monoisotopic (exact) mass is 369 g/mol. The van der Waals surface area contributed by atoms with Gasteiger partial charge in [0.15, 0.2) is 5.82 Å². The van der Waals surface area contributed by atoms with Crippen LogP contribution >= 0.6 is 11.6 Å². The SMILES string of the molecule is Clc1nc(-c2ccc3ccccc3c2)nc(C2C=Cc3ccccc3C2)n1. The molecule has 0 spiro atoms. The highest BCUT2D eigenvalue weighted by molar-refractivity contribution is 6.28. The standard InChI is InChI=1S/C23H16ClN3/c24-23-26-21(19-11-9-15-5-1-3-7-17(15)13-19)25-22(27-23)20-12-10-16-6-2-4-8-18(16)14-20/h1-13,20H,14H2. The summed E-state index contributed by atoms with van der Waals surface area (Å²) in [5.74, 6) is 1.42. The fraction of sp³-hybridized carbons (Fsp3) is 0.0870. The number of hydrogen-bond acceptors (Lipinski definition) is 3. The van der Waals surface area contributed by atoms with Crippen LogP contribution in [0.2, 0.25) is 5.28 Å². The van der Waals surface area contributed by atoms with Crippen LogP contribution in [0.15, 0.2) is 72.8 Å². The average Bonchev–Trinajstić information content (AvgIpc) is 2.72. The van der Waals surface area contributed by atoms with Gasteiger partial charge in [0.1, 0.15) is 5.82 Å². The molecule has 1 aliphatic rings. The first-order valence-corrected chi connectivity index (χ1v) is 9.31. The summed E-state index contributed by atoms with van der Waals surface area (Å²) in [6.07, 6.45) is 5.15. The summed E-state index contributed by atoms with van der Waals surface area (Å²) >= 11 is 6.25. The molecule has 1 aliphatic carbocycles. The Hall–Kier alpha value is -3.04. The van der Waals surface area contributed by atoms with Crippen molar-refractivity contribution in [2.45, 2.75) is 12.3 Å². The van der Waals surface area contributed by atoms with Crippen molar-refractivity contribution < 1.29 is 0 Å². The number of fused-ring (bicyclic) bond motifs is 2. The predicted octanol–water partition coefficient (Wildman–Crippen LogP) is 5.70. The van der Waals surface area contributed by atoms with Crippen molar-refractivity contribution in [3.8, 4) is 11.4 Å². The van der Waals surface area contributed by atoms with E-state index in [-0.39, 0.29) is 11.2 Å². The summed E-state index contributed by atoms with van der Waals surface area (Å²) in [6.45, 7) is 0. The predicted molar refractivity (Wildman–Crippen MR) is 110 cm³/mol. The number of allylic oxidation sites excluding steroid dienone is 1. The molecule has 3 aromatic carbocycles. The Labute approximate surface area is 162 Å². The van der Waals surface area contributed by atoms with Gasteiger partial charge in [0.2, 0.25) is 5.28 Å². The molecule has 0 saturated heterocycles. The van der Waals surface area contributed by atoms with E-state index in [4.69, 9.17) is 16.6 Å². The number of hydrogen-bond donors (Lipinski definition) is 0. The largest absolute Gasteiger partial charge is 0.226 e. The highest BCUT2D eigenvalue weighted by Crippen LogP contribution is 2.30. The van der Waals surface area contributed by atoms with Gasteiger partial charge in [-0.25, -0.2) is 9.97 Å². The minimum Gasteiger partial charge on any atom is -0.212 e. The Bertz CT molecular complexity index is 1180. The second kappa shape index (κ2) is 6.60. The summed E-state index contributed by atoms with van der Waals surface area (Å²) in [5.41, 5.74) is 3.50. The molecule has 0 amide bonds. The molecule has 27 heavy (non-hydrogen) atoms. The highest BCUT2D eigenvalue weighted by Gasteiger charge is 2.20. The molecular weight excluding hydrogens is 354 g/mol. The van der Waals surface area contributed by atoms with E-state index in [1.165, 1.54) is 16.5 Å². The second-order valence-electron chi connectivity index (χ2n) is 6.72. The zero-order valence-electron chi connectivity index (χ0n) is 14.5. The van der Waals surface area contributed by atoms with Crippen LogP contribution < -0.4 is 0 Å². The Morgan fingerprint density at radius 3 is 2.56 bits per heavy atom. The van der Waals surface area contributed by atoms with Gasteiger partial charge in [0, 0.05) is 11.5 Å². The van der Waals surface area contributed by atoms with Crippen LogP contribution in [-0.4, -0.2) is 15.0 Å². The minimum atomic E-state index is 0.0969. The molecule has 0 N–H and O–H groups in total. The second-order valence-corrected chi connectivity index (χ2v) is 7.05. The molecule has 0 saturated carbocycles. The maximum atomic E-state index is 6.25. The van der Waals surface area contributed by atoms with E-state index in [2.05, 4.69) is 70.7 Å². The molecule has 5 rings (SSSR count). The molecule has 4 heteroatoms. The van der Waals surface area contributed by atoms with Gasteiger partial charge in [0.05, 0.1) is 0 Å². The third-order valence-corrected chi connectivity index (χ3v) is 5.14. The lowest BCUT2D eigenvalue weighted by Gasteiger charge is -2.18. The number of benzene rings is 3. The Balaban J connectivity index is 1.55. The lowest BCUT2D eigenvalue weighted by molar-refractivity contribution is 0.746. The fourth-order valence-electron chi connectivity index (χ4n) is 3.57. The van der Waals surface area contributed by atoms with Gasteiger partial charge >= 0.3 is 0 Å². The molecule has 1 unspecified atom stereocenters. The van der Waals surface area contributed by atoms with Crippen LogP contribution in [0.4, 0.5) is 0 Å². The van der Waals surface area contributed by atoms with Crippen LogP contribution in [0, 0.1) is 0 Å². The first kappa shape index (κ1) is 16.2. The zero-order chi connectivity index (χ0) is 18.2. The lowest BCUT2D eigenvalue weighted by Crippen LogP contribution is -2.11. The van der Waals surface area contributed by atoms with Crippen molar-refractivity contribution in [2.24, 2.45) is 0 Å². The minimum absolute atomic E-state index is 0.0969. The molecule has 0 radical (unpaired) electrons. The van der Waals surface area contributed by atoms with Crippen LogP contribution in [-0.2, 0) is 6.42 Å². The summed E-state index contributed by atoms with van der Waals surface area (Å²) in [6, 6.07) is 22.9. The normalized spacial score (nSPS) is 15.7. The van der Waals surface area contributed by atoms with Gasteiger partial charge in [-0.2, -0.15) is 4.98 Å². The van der Waals surface area contributed by atoms with Crippen LogP contribution in [0.3, 0.4) is 0 Å². The summed E-state index contributed by atoms with van der Waals surface area (Å²) in [4.78, 5) is 13.5. The maximum absolute atomic E-state index is 6.25. The molecule has 0 bridgehead atoms. The molecular formula is C23H16ClN3. The van der Waals surface area contributed by atoms with Gasteiger partial charge in [-0.15, -0.1) is 0 Å². The van der Waals surface area contributed by atoms with E-state index in [1.54, 1.807) is 0 Å². The van der Waals surface area contributed by atoms with Gasteiger partial charge in [0.25, 0.3) is 0 Å². The van der Waals surface area contributed by atoms with Gasteiger partial charge < -0.3 is 0 Å². The van der Waals surface area contributed by atoms with E-state index >= 15 is 0 Å². The van der Waals surface area contributed by atoms with E-state index in [9.17, 15) is 0 Å². The average molecular weight is 370 g/mol. The molecule has 1 aromatic heterocycles. The van der Waals surface area contributed by atoms with Crippen LogP contribution in [0.5, 0.6) is 0 Å². The maximum Gasteiger partial charge on any atom is 0.226 e. The van der Waals surface area contributed by atoms with E-state index < -0.39 is 0 Å². The Morgan fingerprint density at radius 2 is 1.63 bits per heavy atom. The molecule has 1 atom stereocenters. The number of nitrogens with zero attached hydrogens (tertiary/aromatic N) is 3. The van der Waals surface area contributed by atoms with E-state index in [1.807, 2.05) is 18.2 Å². The van der Waals surface area contributed by atoms with Crippen molar-refractivity contribution in [3.63, 3.8) is 0 Å². The fourth-order valence-corrected chi connectivity index (χ4v) is 3.74. The summed E-state index contributed by atoms with van der Waals surface area (Å²) < 4.78 is 0. The number of halogens is 1. The number of aromatic nitrogens is 3. The lowest BCUT2D eigenvalue weighted by atomic mass is 9.89. The first-order chi connectivity index (χ1) is 13.3. The molecule has 3 nitrogen and oxygen atoms in total. The van der Waals surface area contributed by atoms with Crippen LogP contribution in [0.1, 0.15) is 22.9 Å². The van der Waals surface area contributed by atoms with Gasteiger partial charge in [-0.05, 0) is 46.0 Å². The van der Waals surface area contributed by atoms with Crippen LogP contribution in [0.25, 0.3) is 28.2 Å². The van der Waals surface area contributed by atoms with Gasteiger partial charge in [-0.3, -0.25) is 0 Å². The van der Waals surface area contributed by atoms with Gasteiger partial charge in [-0.1, -0.05) is 72.8 Å². The topological polar surface area (TPSA) is 38.7 Å². The Kier molecular flexibility index (Phi) is 3.95. The Morgan fingerprint density at radius 1 is 0.815 bits per heavy atom. The third kappa shape index (κ3) is 3.11. The van der Waals surface area contributed by atoms with Crippen molar-refractivity contribution in [1.82, 2.24) is 15.0 Å². The summed E-state index contributed by atoms with van der Waals surface area (Å²) in [5, 5.41) is 2.57. The zero-order valence-corrected chi connectivity index (χ0v) is 15.3.